The fraction of sp³-hybridized carbons (Fsp3) is 0.0476. The average molecular weight is 354 g/mol. The minimum absolute atomic E-state index is 0.0774. The van der Waals surface area contributed by atoms with Gasteiger partial charge in [0.25, 0.3) is 5.69 Å². The van der Waals surface area contributed by atoms with Crippen LogP contribution >= 0.6 is 0 Å². The monoisotopic (exact) mass is 354 g/mol. The van der Waals surface area contributed by atoms with Gasteiger partial charge in [0.15, 0.2) is 0 Å². The number of benzene rings is 4. The van der Waals surface area contributed by atoms with Crippen molar-refractivity contribution in [1.82, 2.24) is 15.0 Å². The van der Waals surface area contributed by atoms with E-state index in [1.807, 2.05) is 36.4 Å². The van der Waals surface area contributed by atoms with Gasteiger partial charge in [0, 0.05) is 16.8 Å². The van der Waals surface area contributed by atoms with E-state index in [1.165, 1.54) is 6.07 Å². The third-order valence-corrected chi connectivity index (χ3v) is 4.81. The first-order valence-corrected chi connectivity index (χ1v) is 8.59. The lowest BCUT2D eigenvalue weighted by atomic mass is 10.0. The Balaban J connectivity index is 1.76. The van der Waals surface area contributed by atoms with Crippen LogP contribution in [-0.2, 0) is 6.54 Å². The van der Waals surface area contributed by atoms with Crippen LogP contribution < -0.4 is 0 Å². The summed E-state index contributed by atoms with van der Waals surface area (Å²) in [6, 6.07) is 22.9. The lowest BCUT2D eigenvalue weighted by molar-refractivity contribution is -0.385. The Morgan fingerprint density at radius 2 is 1.22 bits per heavy atom. The molecule has 1 aromatic heterocycles. The highest BCUT2D eigenvalue weighted by Gasteiger charge is 2.16. The lowest BCUT2D eigenvalue weighted by Gasteiger charge is -2.04. The van der Waals surface area contributed by atoms with Crippen LogP contribution in [0, 0.1) is 10.1 Å². The van der Waals surface area contributed by atoms with E-state index in [0.717, 1.165) is 32.6 Å². The number of nitro benzene ring substituents is 1. The fourth-order valence-electron chi connectivity index (χ4n) is 3.61. The summed E-state index contributed by atoms with van der Waals surface area (Å²) in [5, 5.41) is 24.9. The number of nitrogens with zero attached hydrogens (tertiary/aromatic N) is 4. The van der Waals surface area contributed by atoms with Gasteiger partial charge in [-0.05, 0) is 10.8 Å². The number of hydrogen-bond donors (Lipinski definition) is 0. The number of hydrogen-bond acceptors (Lipinski definition) is 4. The largest absolute Gasteiger partial charge is 0.274 e. The molecule has 0 amide bonds. The predicted octanol–water partition coefficient (Wildman–Crippen LogP) is 4.69. The molecule has 0 aliphatic heterocycles. The lowest BCUT2D eigenvalue weighted by Crippen LogP contribution is -2.06. The summed E-state index contributed by atoms with van der Waals surface area (Å²) in [5.74, 6) is 0. The molecule has 1 heterocycles. The van der Waals surface area contributed by atoms with Gasteiger partial charge in [-0.25, -0.2) is 0 Å². The van der Waals surface area contributed by atoms with Crippen LogP contribution in [0.5, 0.6) is 0 Å². The van der Waals surface area contributed by atoms with Gasteiger partial charge in [-0.1, -0.05) is 66.7 Å². The van der Waals surface area contributed by atoms with Crippen molar-refractivity contribution in [2.75, 3.05) is 0 Å². The normalized spacial score (nSPS) is 11.4. The van der Waals surface area contributed by atoms with Crippen molar-refractivity contribution in [3.8, 4) is 0 Å². The van der Waals surface area contributed by atoms with Crippen molar-refractivity contribution < 1.29 is 4.92 Å². The molecule has 27 heavy (non-hydrogen) atoms. The third kappa shape index (κ3) is 2.42. The Bertz CT molecular complexity index is 1270. The van der Waals surface area contributed by atoms with Crippen molar-refractivity contribution in [2.24, 2.45) is 0 Å². The van der Waals surface area contributed by atoms with Gasteiger partial charge < -0.3 is 0 Å². The summed E-state index contributed by atoms with van der Waals surface area (Å²) in [4.78, 5) is 12.5. The molecule has 5 aromatic rings. The minimum Gasteiger partial charge on any atom is -0.258 e. The molecule has 0 bridgehead atoms. The van der Waals surface area contributed by atoms with Gasteiger partial charge in [-0.15, -0.1) is 0 Å². The number of fused-ring (bicyclic) bond motifs is 6. The molecule has 0 unspecified atom stereocenters. The van der Waals surface area contributed by atoms with Crippen molar-refractivity contribution in [3.05, 3.63) is 88.5 Å². The van der Waals surface area contributed by atoms with E-state index >= 15 is 0 Å². The van der Waals surface area contributed by atoms with Gasteiger partial charge in [0.2, 0.25) is 0 Å². The summed E-state index contributed by atoms with van der Waals surface area (Å²) in [7, 11) is 0. The second-order valence-corrected chi connectivity index (χ2v) is 6.40. The van der Waals surface area contributed by atoms with Crippen LogP contribution in [0.4, 0.5) is 5.69 Å². The molecule has 4 aromatic carbocycles. The molecular weight excluding hydrogens is 340 g/mol. The first kappa shape index (κ1) is 15.5. The first-order valence-electron chi connectivity index (χ1n) is 8.59. The molecule has 0 saturated heterocycles. The number of nitro groups is 1. The maximum Gasteiger partial charge on any atom is 0.274 e. The van der Waals surface area contributed by atoms with Crippen molar-refractivity contribution in [3.63, 3.8) is 0 Å². The topological polar surface area (TPSA) is 73.8 Å². The SMILES string of the molecule is O=[N+]([O-])c1ccccc1Cn1nc2c3ccccc3c3ccccc3c2n1. The van der Waals surface area contributed by atoms with Gasteiger partial charge in [0.1, 0.15) is 11.0 Å². The zero-order valence-electron chi connectivity index (χ0n) is 14.2. The summed E-state index contributed by atoms with van der Waals surface area (Å²) in [5.41, 5.74) is 2.27. The number of para-hydroxylation sites is 1. The molecule has 6 nitrogen and oxygen atoms in total. The van der Waals surface area contributed by atoms with Crippen molar-refractivity contribution in [1.29, 1.82) is 0 Å². The highest BCUT2D eigenvalue weighted by molar-refractivity contribution is 6.22. The third-order valence-electron chi connectivity index (χ3n) is 4.81. The molecule has 0 aliphatic carbocycles. The molecule has 5 rings (SSSR count). The fourth-order valence-corrected chi connectivity index (χ4v) is 3.61. The van der Waals surface area contributed by atoms with Gasteiger partial charge in [-0.3, -0.25) is 10.1 Å². The van der Waals surface area contributed by atoms with Gasteiger partial charge in [-0.2, -0.15) is 15.0 Å². The minimum atomic E-state index is -0.372. The molecule has 0 aliphatic rings. The summed E-state index contributed by atoms with van der Waals surface area (Å²) < 4.78 is 0. The Morgan fingerprint density at radius 3 is 1.78 bits per heavy atom. The maximum atomic E-state index is 11.3. The maximum absolute atomic E-state index is 11.3. The van der Waals surface area contributed by atoms with E-state index in [9.17, 15) is 10.1 Å². The van der Waals surface area contributed by atoms with Crippen molar-refractivity contribution >= 4 is 38.3 Å². The Morgan fingerprint density at radius 1 is 0.741 bits per heavy atom. The molecule has 0 N–H and O–H groups in total. The van der Waals surface area contributed by atoms with E-state index in [2.05, 4.69) is 22.3 Å². The smallest absolute Gasteiger partial charge is 0.258 e. The highest BCUT2D eigenvalue weighted by atomic mass is 16.6. The van der Waals surface area contributed by atoms with E-state index in [4.69, 9.17) is 0 Å². The standard InChI is InChI=1S/C21H14N4O2/c26-25(27)19-12-6-1-7-14(19)13-24-22-20-17-10-4-2-8-15(17)16-9-3-5-11-18(16)21(20)23-24/h1-12H,13H2. The Labute approximate surface area is 153 Å². The molecule has 130 valence electrons. The van der Waals surface area contributed by atoms with Gasteiger partial charge in [0.05, 0.1) is 17.0 Å². The number of aromatic nitrogens is 3. The van der Waals surface area contributed by atoms with E-state index < -0.39 is 0 Å². The zero-order chi connectivity index (χ0) is 18.4. The quantitative estimate of drug-likeness (QED) is 0.267. The van der Waals surface area contributed by atoms with E-state index in [1.54, 1.807) is 23.0 Å². The molecule has 0 fully saturated rings. The Hall–Kier alpha value is -3.80. The van der Waals surface area contributed by atoms with Crippen molar-refractivity contribution in [2.45, 2.75) is 6.54 Å². The van der Waals surface area contributed by atoms with Crippen LogP contribution in [0.3, 0.4) is 0 Å². The zero-order valence-corrected chi connectivity index (χ0v) is 14.2. The summed E-state index contributed by atoms with van der Waals surface area (Å²) in [6.45, 7) is 0.245. The van der Waals surface area contributed by atoms with Gasteiger partial charge >= 0.3 is 0 Å². The van der Waals surface area contributed by atoms with Crippen LogP contribution in [0.1, 0.15) is 5.56 Å². The average Bonchev–Trinajstić information content (AvgIpc) is 3.12. The van der Waals surface area contributed by atoms with E-state index in [0.29, 0.717) is 5.56 Å². The number of rotatable bonds is 3. The molecule has 0 spiro atoms. The molecule has 0 atom stereocenters. The Kier molecular flexibility index (Phi) is 3.36. The van der Waals surface area contributed by atoms with Crippen LogP contribution in [0.2, 0.25) is 0 Å². The predicted molar refractivity (Wildman–Crippen MR) is 105 cm³/mol. The summed E-state index contributed by atoms with van der Waals surface area (Å²) >= 11 is 0. The van der Waals surface area contributed by atoms with Crippen LogP contribution in [0.15, 0.2) is 72.8 Å². The highest BCUT2D eigenvalue weighted by Crippen LogP contribution is 2.33. The van der Waals surface area contributed by atoms with E-state index in [-0.39, 0.29) is 17.2 Å². The molecule has 0 radical (unpaired) electrons. The second kappa shape index (κ2) is 5.88. The van der Waals surface area contributed by atoms with Crippen LogP contribution in [0.25, 0.3) is 32.6 Å². The second-order valence-electron chi connectivity index (χ2n) is 6.40. The summed E-state index contributed by atoms with van der Waals surface area (Å²) in [6.07, 6.45) is 0. The molecule has 0 saturated carbocycles. The molecular formula is C21H14N4O2. The van der Waals surface area contributed by atoms with Crippen LogP contribution in [-0.4, -0.2) is 19.9 Å². The first-order chi connectivity index (χ1) is 13.2. The molecule has 6 heteroatoms.